The number of likely N-dealkylation sites (N-methyl/N-ethyl adjacent to an activating group) is 1. The fraction of sp³-hybridized carbons (Fsp3) is 0.571. The zero-order valence-corrected chi connectivity index (χ0v) is 7.73. The second kappa shape index (κ2) is 2.74. The van der Waals surface area contributed by atoms with Crippen LogP contribution in [-0.2, 0) is 4.79 Å². The van der Waals surface area contributed by atoms with Gasteiger partial charge in [-0.05, 0) is 29.3 Å². The molecule has 0 atom stereocenters. The van der Waals surface area contributed by atoms with Crippen LogP contribution in [-0.4, -0.2) is 24.4 Å². The summed E-state index contributed by atoms with van der Waals surface area (Å²) in [5.74, 6) is 0.101. The summed E-state index contributed by atoms with van der Waals surface area (Å²) in [6.45, 7) is 2.83. The molecule has 0 aromatic heterocycles. The molecule has 1 rings (SSSR count). The zero-order valence-electron chi connectivity index (χ0n) is 6.15. The van der Waals surface area contributed by atoms with Gasteiger partial charge in [-0.15, -0.1) is 0 Å². The highest BCUT2D eigenvalue weighted by Gasteiger charge is 2.19. The molecule has 0 aromatic carbocycles. The van der Waals surface area contributed by atoms with Gasteiger partial charge in [0.1, 0.15) is 0 Å². The van der Waals surface area contributed by atoms with Crippen LogP contribution < -0.4 is 0 Å². The summed E-state index contributed by atoms with van der Waals surface area (Å²) in [5, 5.41) is 0. The van der Waals surface area contributed by atoms with Gasteiger partial charge in [0.25, 0.3) is 5.91 Å². The zero-order chi connectivity index (χ0) is 7.72. The Labute approximate surface area is 69.0 Å². The highest BCUT2D eigenvalue weighted by molar-refractivity contribution is 9.12. The molecule has 0 fully saturated rings. The maximum atomic E-state index is 11.2. The average Bonchev–Trinajstić information content (AvgIpc) is 1.93. The van der Waals surface area contributed by atoms with Gasteiger partial charge >= 0.3 is 0 Å². The van der Waals surface area contributed by atoms with E-state index >= 15 is 0 Å². The Hall–Kier alpha value is -0.310. The molecular formula is C7H10BrNO. The van der Waals surface area contributed by atoms with E-state index in [0.29, 0.717) is 0 Å². The van der Waals surface area contributed by atoms with E-state index in [9.17, 15) is 4.79 Å². The fourth-order valence-electron chi connectivity index (χ4n) is 0.897. The molecule has 1 heterocycles. The molecule has 0 saturated carbocycles. The van der Waals surface area contributed by atoms with Crippen LogP contribution in [0.4, 0.5) is 0 Å². The number of carbonyl (C=O) groups excluding carboxylic acids is 1. The van der Waals surface area contributed by atoms with Gasteiger partial charge in [0.05, 0.1) is 4.48 Å². The van der Waals surface area contributed by atoms with Crippen molar-refractivity contribution in [1.29, 1.82) is 0 Å². The molecule has 1 aliphatic heterocycles. The van der Waals surface area contributed by atoms with E-state index in [1.807, 2.05) is 14.0 Å². The molecule has 2 nitrogen and oxygen atoms in total. The van der Waals surface area contributed by atoms with Crippen molar-refractivity contribution in [3.8, 4) is 0 Å². The summed E-state index contributed by atoms with van der Waals surface area (Å²) in [7, 11) is 1.82. The van der Waals surface area contributed by atoms with E-state index in [-0.39, 0.29) is 5.91 Å². The molecular weight excluding hydrogens is 194 g/mol. The normalized spacial score (nSPS) is 20.3. The summed E-state index contributed by atoms with van der Waals surface area (Å²) in [6, 6.07) is 0. The lowest BCUT2D eigenvalue weighted by atomic mass is 10.1. The van der Waals surface area contributed by atoms with Gasteiger partial charge in [-0.3, -0.25) is 4.79 Å². The monoisotopic (exact) mass is 203 g/mol. The van der Waals surface area contributed by atoms with Gasteiger partial charge in [-0.2, -0.15) is 0 Å². The molecule has 3 heteroatoms. The molecule has 1 aliphatic rings. The number of nitrogens with zero attached hydrogens (tertiary/aromatic N) is 1. The van der Waals surface area contributed by atoms with Crippen molar-refractivity contribution >= 4 is 21.8 Å². The number of hydrogen-bond acceptors (Lipinski definition) is 1. The molecule has 0 radical (unpaired) electrons. The molecule has 0 aromatic rings. The Morgan fingerprint density at radius 2 is 2.20 bits per heavy atom. The molecule has 0 N–H and O–H groups in total. The second-order valence-electron chi connectivity index (χ2n) is 2.57. The second-order valence-corrected chi connectivity index (χ2v) is 3.36. The quantitative estimate of drug-likeness (QED) is 0.585. The molecule has 0 saturated heterocycles. The van der Waals surface area contributed by atoms with Crippen LogP contribution in [0.2, 0.25) is 0 Å². The van der Waals surface area contributed by atoms with Crippen LogP contribution in [0.3, 0.4) is 0 Å². The van der Waals surface area contributed by atoms with E-state index in [1.54, 1.807) is 4.90 Å². The Bertz CT molecular complexity index is 198. The first kappa shape index (κ1) is 7.79. The van der Waals surface area contributed by atoms with Crippen molar-refractivity contribution in [2.24, 2.45) is 0 Å². The van der Waals surface area contributed by atoms with Crippen LogP contribution in [0.15, 0.2) is 10.1 Å². The first-order chi connectivity index (χ1) is 4.63. The maximum Gasteiger partial charge on any atom is 0.260 e. The third kappa shape index (κ3) is 1.24. The molecule has 1 amide bonds. The summed E-state index contributed by atoms with van der Waals surface area (Å²) >= 11 is 3.25. The number of rotatable bonds is 0. The largest absolute Gasteiger partial charge is 0.341 e. The molecule has 0 aliphatic carbocycles. The Morgan fingerprint density at radius 1 is 1.60 bits per heavy atom. The topological polar surface area (TPSA) is 20.3 Å². The van der Waals surface area contributed by atoms with Crippen molar-refractivity contribution < 1.29 is 4.79 Å². The Kier molecular flexibility index (Phi) is 2.14. The van der Waals surface area contributed by atoms with Gasteiger partial charge in [-0.1, -0.05) is 5.57 Å². The predicted octanol–water partition coefficient (Wildman–Crippen LogP) is 1.52. The van der Waals surface area contributed by atoms with Crippen molar-refractivity contribution in [3.63, 3.8) is 0 Å². The molecule has 10 heavy (non-hydrogen) atoms. The van der Waals surface area contributed by atoms with Crippen LogP contribution in [0.5, 0.6) is 0 Å². The highest BCUT2D eigenvalue weighted by atomic mass is 79.9. The third-order valence-electron chi connectivity index (χ3n) is 1.73. The van der Waals surface area contributed by atoms with Gasteiger partial charge in [0.15, 0.2) is 0 Å². The van der Waals surface area contributed by atoms with Crippen LogP contribution in [0.25, 0.3) is 0 Å². The minimum atomic E-state index is 0.101. The average molecular weight is 204 g/mol. The lowest BCUT2D eigenvalue weighted by Crippen LogP contribution is -2.31. The van der Waals surface area contributed by atoms with E-state index < -0.39 is 0 Å². The molecule has 0 unspecified atom stereocenters. The van der Waals surface area contributed by atoms with Crippen molar-refractivity contribution in [3.05, 3.63) is 10.1 Å². The summed E-state index contributed by atoms with van der Waals surface area (Å²) in [4.78, 5) is 12.9. The molecule has 0 bridgehead atoms. The molecule has 56 valence electrons. The summed E-state index contributed by atoms with van der Waals surface area (Å²) < 4.78 is 0.737. The maximum absolute atomic E-state index is 11.2. The van der Waals surface area contributed by atoms with Crippen LogP contribution in [0.1, 0.15) is 13.3 Å². The number of carbonyl (C=O) groups is 1. The van der Waals surface area contributed by atoms with Crippen molar-refractivity contribution in [2.45, 2.75) is 13.3 Å². The van der Waals surface area contributed by atoms with Crippen LogP contribution in [0, 0.1) is 0 Å². The highest BCUT2D eigenvalue weighted by Crippen LogP contribution is 2.21. The van der Waals surface area contributed by atoms with Crippen LogP contribution >= 0.6 is 15.9 Å². The lowest BCUT2D eigenvalue weighted by molar-refractivity contribution is -0.125. The minimum absolute atomic E-state index is 0.101. The lowest BCUT2D eigenvalue weighted by Gasteiger charge is -2.22. The summed E-state index contributed by atoms with van der Waals surface area (Å²) in [5.41, 5.74) is 1.16. The van der Waals surface area contributed by atoms with Gasteiger partial charge in [-0.25, -0.2) is 0 Å². The van der Waals surface area contributed by atoms with E-state index in [0.717, 1.165) is 23.0 Å². The number of hydrogen-bond donors (Lipinski definition) is 0. The van der Waals surface area contributed by atoms with Crippen molar-refractivity contribution in [2.75, 3.05) is 13.6 Å². The number of halogens is 1. The predicted molar refractivity (Wildman–Crippen MR) is 43.9 cm³/mol. The Balaban J connectivity index is 2.88. The minimum Gasteiger partial charge on any atom is -0.341 e. The van der Waals surface area contributed by atoms with E-state index in [4.69, 9.17) is 0 Å². The van der Waals surface area contributed by atoms with E-state index in [2.05, 4.69) is 15.9 Å². The fourth-order valence-corrected chi connectivity index (χ4v) is 1.40. The first-order valence-electron chi connectivity index (χ1n) is 3.23. The Morgan fingerprint density at radius 3 is 2.70 bits per heavy atom. The summed E-state index contributed by atoms with van der Waals surface area (Å²) in [6.07, 6.45) is 0.989. The first-order valence-corrected chi connectivity index (χ1v) is 4.03. The molecule has 0 spiro atoms. The number of amides is 1. The van der Waals surface area contributed by atoms with E-state index in [1.165, 1.54) is 0 Å². The standard InChI is InChI=1S/C7H10BrNO/c1-5-3-4-9(2)7(10)6(5)8/h3-4H2,1-2H3. The van der Waals surface area contributed by atoms with Gasteiger partial charge in [0, 0.05) is 13.6 Å². The third-order valence-corrected chi connectivity index (χ3v) is 2.75. The van der Waals surface area contributed by atoms with Gasteiger partial charge in [0.2, 0.25) is 0 Å². The van der Waals surface area contributed by atoms with Crippen molar-refractivity contribution in [1.82, 2.24) is 4.90 Å². The SMILES string of the molecule is CC1=C(Br)C(=O)N(C)CC1. The smallest absolute Gasteiger partial charge is 0.260 e. The van der Waals surface area contributed by atoms with Gasteiger partial charge < -0.3 is 4.90 Å².